The van der Waals surface area contributed by atoms with Gasteiger partial charge in [0.15, 0.2) is 5.65 Å². The van der Waals surface area contributed by atoms with Gasteiger partial charge in [0.25, 0.3) is 0 Å². The first-order valence-electron chi connectivity index (χ1n) is 9.43. The molecule has 0 aliphatic heterocycles. The van der Waals surface area contributed by atoms with E-state index in [1.54, 1.807) is 0 Å². The first-order valence-corrected chi connectivity index (χ1v) is 9.43. The summed E-state index contributed by atoms with van der Waals surface area (Å²) in [5.41, 5.74) is 10.5. The highest BCUT2D eigenvalue weighted by atomic mass is 15.0. The highest BCUT2D eigenvalue weighted by Crippen LogP contribution is 2.41. The molecule has 0 N–H and O–H groups in total. The molecule has 1 aliphatic carbocycles. The van der Waals surface area contributed by atoms with Crippen molar-refractivity contribution in [3.05, 3.63) is 84.3 Å². The molecule has 0 saturated carbocycles. The van der Waals surface area contributed by atoms with Gasteiger partial charge >= 0.3 is 0 Å². The van der Waals surface area contributed by atoms with Crippen LogP contribution in [0.15, 0.2) is 73.2 Å². The molecule has 6 aromatic rings. The van der Waals surface area contributed by atoms with Gasteiger partial charge in [-0.1, -0.05) is 36.4 Å². The molecule has 0 radical (unpaired) electrons. The molecular weight excluding hydrogens is 344 g/mol. The van der Waals surface area contributed by atoms with E-state index >= 15 is 0 Å². The Hall–Kier alpha value is -3.79. The third-order valence-electron chi connectivity index (χ3n) is 5.96. The zero-order valence-electron chi connectivity index (χ0n) is 14.9. The second kappa shape index (κ2) is 4.93. The summed E-state index contributed by atoms with van der Waals surface area (Å²) >= 11 is 0. The van der Waals surface area contributed by atoms with Crippen molar-refractivity contribution in [1.29, 1.82) is 0 Å². The van der Waals surface area contributed by atoms with Gasteiger partial charge in [0, 0.05) is 35.8 Å². The third kappa shape index (κ3) is 1.63. The topological polar surface area (TPSA) is 43.1 Å². The maximum absolute atomic E-state index is 5.13. The number of fused-ring (bicyclic) bond motifs is 12. The average molecular weight is 358 g/mol. The fourth-order valence-electron chi connectivity index (χ4n) is 4.75. The maximum Gasteiger partial charge on any atom is 0.165 e. The Kier molecular flexibility index (Phi) is 2.51. The van der Waals surface area contributed by atoms with E-state index in [2.05, 4.69) is 62.9 Å². The Balaban J connectivity index is 1.72. The van der Waals surface area contributed by atoms with Crippen LogP contribution in [0.3, 0.4) is 0 Å². The van der Waals surface area contributed by atoms with E-state index in [0.717, 1.165) is 44.9 Å². The molecule has 28 heavy (non-hydrogen) atoms. The van der Waals surface area contributed by atoms with E-state index in [0.29, 0.717) is 0 Å². The molecule has 0 spiro atoms. The minimum Gasteiger partial charge on any atom is -0.290 e. The minimum atomic E-state index is 0.911. The van der Waals surface area contributed by atoms with Crippen molar-refractivity contribution >= 4 is 38.5 Å². The van der Waals surface area contributed by atoms with Gasteiger partial charge < -0.3 is 0 Å². The first kappa shape index (κ1) is 14.3. The number of pyridine rings is 3. The molecule has 4 aromatic heterocycles. The summed E-state index contributed by atoms with van der Waals surface area (Å²) in [6.45, 7) is 0. The van der Waals surface area contributed by atoms with Gasteiger partial charge in [0.1, 0.15) is 5.52 Å². The summed E-state index contributed by atoms with van der Waals surface area (Å²) in [7, 11) is 0. The van der Waals surface area contributed by atoms with Crippen LogP contribution in [0.2, 0.25) is 0 Å². The van der Waals surface area contributed by atoms with Crippen molar-refractivity contribution in [2.24, 2.45) is 0 Å². The van der Waals surface area contributed by atoms with Crippen LogP contribution in [-0.2, 0) is 6.42 Å². The normalized spacial score (nSPS) is 12.9. The SMILES string of the molecule is c1ccc2c(c1)Cc1c-2ccc2c1nc1c3ncccc3c3cnccc3n21. The smallest absolute Gasteiger partial charge is 0.165 e. The van der Waals surface area contributed by atoms with E-state index in [1.165, 1.54) is 22.3 Å². The number of nitrogens with zero attached hydrogens (tertiary/aromatic N) is 4. The van der Waals surface area contributed by atoms with Gasteiger partial charge in [-0.25, -0.2) is 4.98 Å². The molecular formula is C24H14N4. The van der Waals surface area contributed by atoms with Crippen molar-refractivity contribution < 1.29 is 0 Å². The van der Waals surface area contributed by atoms with E-state index < -0.39 is 0 Å². The molecule has 0 unspecified atom stereocenters. The lowest BCUT2D eigenvalue weighted by Crippen LogP contribution is -1.93. The lowest BCUT2D eigenvalue weighted by molar-refractivity contribution is 1.26. The number of imidazole rings is 1. The van der Waals surface area contributed by atoms with Gasteiger partial charge in [-0.05, 0) is 40.5 Å². The van der Waals surface area contributed by atoms with E-state index in [4.69, 9.17) is 4.98 Å². The Labute approximate surface area is 160 Å². The Morgan fingerprint density at radius 3 is 2.71 bits per heavy atom. The maximum atomic E-state index is 5.13. The molecule has 4 nitrogen and oxygen atoms in total. The molecule has 0 amide bonds. The lowest BCUT2D eigenvalue weighted by atomic mass is 10.1. The van der Waals surface area contributed by atoms with E-state index in [1.807, 2.05) is 24.7 Å². The number of hydrogen-bond donors (Lipinski definition) is 0. The summed E-state index contributed by atoms with van der Waals surface area (Å²) in [4.78, 5) is 14.2. The molecule has 130 valence electrons. The Bertz CT molecular complexity index is 1590. The zero-order chi connectivity index (χ0) is 18.2. The van der Waals surface area contributed by atoms with Gasteiger partial charge in [0.05, 0.1) is 16.6 Å². The molecule has 7 rings (SSSR count). The second-order valence-corrected chi connectivity index (χ2v) is 7.36. The molecule has 1 aliphatic rings. The van der Waals surface area contributed by atoms with Crippen LogP contribution in [-0.4, -0.2) is 19.4 Å². The summed E-state index contributed by atoms with van der Waals surface area (Å²) in [5, 5.41) is 2.19. The number of rotatable bonds is 0. The van der Waals surface area contributed by atoms with Crippen LogP contribution in [0.25, 0.3) is 49.6 Å². The predicted molar refractivity (Wildman–Crippen MR) is 112 cm³/mol. The van der Waals surface area contributed by atoms with Crippen LogP contribution in [0.4, 0.5) is 0 Å². The fraction of sp³-hybridized carbons (Fsp3) is 0.0417. The van der Waals surface area contributed by atoms with Crippen LogP contribution in [0.1, 0.15) is 11.1 Å². The molecule has 4 heterocycles. The zero-order valence-corrected chi connectivity index (χ0v) is 14.9. The Morgan fingerprint density at radius 1 is 0.750 bits per heavy atom. The molecule has 2 aromatic carbocycles. The standard InChI is InChI=1S/C24H14N4/c1-2-5-15-14(4-1)12-18-16(15)7-8-21-22(18)27-24-23-17(6-3-10-26-23)19-13-25-11-9-20(19)28(21)24/h1-11,13H,12H2. The summed E-state index contributed by atoms with van der Waals surface area (Å²) in [6.07, 6.45) is 6.54. The molecule has 0 fully saturated rings. The van der Waals surface area contributed by atoms with Crippen molar-refractivity contribution in [2.45, 2.75) is 6.42 Å². The summed E-state index contributed by atoms with van der Waals surface area (Å²) in [6, 6.07) is 19.2. The molecule has 0 bridgehead atoms. The van der Waals surface area contributed by atoms with Crippen molar-refractivity contribution in [2.75, 3.05) is 0 Å². The van der Waals surface area contributed by atoms with Crippen molar-refractivity contribution in [1.82, 2.24) is 19.4 Å². The summed E-state index contributed by atoms with van der Waals surface area (Å²) < 4.78 is 2.24. The number of aromatic nitrogens is 4. The van der Waals surface area contributed by atoms with Gasteiger partial charge in [0.2, 0.25) is 0 Å². The highest BCUT2D eigenvalue weighted by molar-refractivity contribution is 6.12. The van der Waals surface area contributed by atoms with E-state index in [9.17, 15) is 0 Å². The van der Waals surface area contributed by atoms with Crippen molar-refractivity contribution in [3.8, 4) is 11.1 Å². The van der Waals surface area contributed by atoms with Crippen LogP contribution < -0.4 is 0 Å². The number of benzene rings is 2. The average Bonchev–Trinajstić information content (AvgIpc) is 3.33. The van der Waals surface area contributed by atoms with Gasteiger partial charge in [-0.3, -0.25) is 14.4 Å². The summed E-state index contributed by atoms with van der Waals surface area (Å²) in [5.74, 6) is 0. The largest absolute Gasteiger partial charge is 0.290 e. The van der Waals surface area contributed by atoms with Crippen LogP contribution in [0.5, 0.6) is 0 Å². The monoisotopic (exact) mass is 358 g/mol. The van der Waals surface area contributed by atoms with Gasteiger partial charge in [-0.15, -0.1) is 0 Å². The van der Waals surface area contributed by atoms with E-state index in [-0.39, 0.29) is 0 Å². The molecule has 4 heteroatoms. The predicted octanol–water partition coefficient (Wildman–Crippen LogP) is 5.16. The first-order chi connectivity index (χ1) is 13.9. The lowest BCUT2D eigenvalue weighted by Gasteiger charge is -2.07. The highest BCUT2D eigenvalue weighted by Gasteiger charge is 2.23. The van der Waals surface area contributed by atoms with Crippen LogP contribution in [0, 0.1) is 0 Å². The quantitative estimate of drug-likeness (QED) is 0.352. The second-order valence-electron chi connectivity index (χ2n) is 7.36. The molecule has 0 atom stereocenters. The third-order valence-corrected chi connectivity index (χ3v) is 5.96. The van der Waals surface area contributed by atoms with Crippen molar-refractivity contribution in [3.63, 3.8) is 0 Å². The fourth-order valence-corrected chi connectivity index (χ4v) is 4.75. The number of hydrogen-bond acceptors (Lipinski definition) is 3. The minimum absolute atomic E-state index is 0.911. The molecule has 0 saturated heterocycles. The van der Waals surface area contributed by atoms with Gasteiger partial charge in [-0.2, -0.15) is 0 Å². The van der Waals surface area contributed by atoms with Crippen LogP contribution >= 0.6 is 0 Å². The Morgan fingerprint density at radius 2 is 1.71 bits per heavy atom.